The highest BCUT2D eigenvalue weighted by atomic mass is 16.5. The highest BCUT2D eigenvalue weighted by molar-refractivity contribution is 6.01. The summed E-state index contributed by atoms with van der Waals surface area (Å²) >= 11 is 0. The Hall–Kier alpha value is -3.41. The molecule has 2 aromatic carbocycles. The first-order valence-corrected chi connectivity index (χ1v) is 8.50. The number of ketones is 1. The largest absolute Gasteiger partial charge is 0.497 e. The van der Waals surface area contributed by atoms with E-state index in [0.717, 1.165) is 11.4 Å². The lowest BCUT2D eigenvalue weighted by molar-refractivity contribution is 0.0319. The van der Waals surface area contributed by atoms with Crippen LogP contribution in [0.3, 0.4) is 0 Å². The van der Waals surface area contributed by atoms with Crippen molar-refractivity contribution in [1.82, 2.24) is 9.78 Å². The molecule has 1 atom stereocenters. The Morgan fingerprint density at radius 1 is 0.963 bits per heavy atom. The fourth-order valence-electron chi connectivity index (χ4n) is 2.65. The maximum atomic E-state index is 12.4. The third-order valence-electron chi connectivity index (χ3n) is 4.21. The van der Waals surface area contributed by atoms with Gasteiger partial charge in [-0.05, 0) is 68.4 Å². The van der Waals surface area contributed by atoms with Gasteiger partial charge in [-0.3, -0.25) is 4.79 Å². The normalized spacial score (nSPS) is 11.7. The Bertz CT molecular complexity index is 943. The fourth-order valence-corrected chi connectivity index (χ4v) is 2.65. The molecule has 0 saturated carbocycles. The van der Waals surface area contributed by atoms with Gasteiger partial charge in [0.1, 0.15) is 5.75 Å². The fraction of sp³-hybridized carbons (Fsp3) is 0.190. The molecule has 1 unspecified atom stereocenters. The van der Waals surface area contributed by atoms with Crippen molar-refractivity contribution >= 4 is 11.8 Å². The third kappa shape index (κ3) is 4.06. The number of aryl methyl sites for hydroxylation is 1. The number of esters is 1. The summed E-state index contributed by atoms with van der Waals surface area (Å²) in [6.45, 7) is 3.51. The molecule has 0 aliphatic carbocycles. The van der Waals surface area contributed by atoms with Crippen LogP contribution in [0.15, 0.2) is 60.8 Å². The van der Waals surface area contributed by atoms with Crippen molar-refractivity contribution in [1.29, 1.82) is 0 Å². The highest BCUT2D eigenvalue weighted by Crippen LogP contribution is 2.16. The highest BCUT2D eigenvalue weighted by Gasteiger charge is 2.20. The molecule has 0 aliphatic heterocycles. The summed E-state index contributed by atoms with van der Waals surface area (Å²) in [5, 5.41) is 4.22. The van der Waals surface area contributed by atoms with Crippen LogP contribution >= 0.6 is 0 Å². The van der Waals surface area contributed by atoms with Crippen molar-refractivity contribution in [3.8, 4) is 11.4 Å². The van der Waals surface area contributed by atoms with Crippen LogP contribution in [0.5, 0.6) is 5.75 Å². The monoisotopic (exact) mass is 364 g/mol. The van der Waals surface area contributed by atoms with E-state index in [4.69, 9.17) is 9.47 Å². The summed E-state index contributed by atoms with van der Waals surface area (Å²) in [7, 11) is 1.56. The smallest absolute Gasteiger partial charge is 0.338 e. The lowest BCUT2D eigenvalue weighted by atomic mass is 10.1. The summed E-state index contributed by atoms with van der Waals surface area (Å²) in [6.07, 6.45) is 0.822. The van der Waals surface area contributed by atoms with Gasteiger partial charge in [-0.25, -0.2) is 9.48 Å². The van der Waals surface area contributed by atoms with Crippen LogP contribution < -0.4 is 4.74 Å². The van der Waals surface area contributed by atoms with Gasteiger partial charge in [-0.1, -0.05) is 0 Å². The van der Waals surface area contributed by atoms with E-state index < -0.39 is 12.1 Å². The molecule has 3 rings (SSSR count). The van der Waals surface area contributed by atoms with E-state index in [9.17, 15) is 9.59 Å². The number of carbonyl (C=O) groups excluding carboxylic acids is 2. The molecule has 0 saturated heterocycles. The van der Waals surface area contributed by atoms with E-state index in [0.29, 0.717) is 16.9 Å². The van der Waals surface area contributed by atoms with Gasteiger partial charge in [-0.2, -0.15) is 5.10 Å². The molecule has 3 aromatic rings. The summed E-state index contributed by atoms with van der Waals surface area (Å²) in [5.41, 5.74) is 2.67. The molecule has 138 valence electrons. The molecule has 6 heteroatoms. The van der Waals surface area contributed by atoms with Crippen LogP contribution in [0.2, 0.25) is 0 Å². The minimum atomic E-state index is -0.890. The summed E-state index contributed by atoms with van der Waals surface area (Å²) < 4.78 is 12.2. The average Bonchev–Trinajstić information content (AvgIpc) is 3.13. The minimum Gasteiger partial charge on any atom is -0.497 e. The van der Waals surface area contributed by atoms with Crippen molar-refractivity contribution in [2.24, 2.45) is 0 Å². The molecule has 0 N–H and O–H groups in total. The van der Waals surface area contributed by atoms with Crippen molar-refractivity contribution in [3.05, 3.63) is 77.6 Å². The van der Waals surface area contributed by atoms with E-state index >= 15 is 0 Å². The SMILES string of the molecule is COc1ccc(C(=O)C(C)OC(=O)c2ccc(-n3nccc3C)cc2)cc1. The summed E-state index contributed by atoms with van der Waals surface area (Å²) in [5.74, 6) is -0.161. The topological polar surface area (TPSA) is 70.4 Å². The number of ether oxygens (including phenoxy) is 2. The van der Waals surface area contributed by atoms with E-state index in [1.165, 1.54) is 0 Å². The Labute approximate surface area is 157 Å². The van der Waals surface area contributed by atoms with Crippen molar-refractivity contribution in [2.75, 3.05) is 7.11 Å². The van der Waals surface area contributed by atoms with Crippen LogP contribution in [-0.4, -0.2) is 34.7 Å². The van der Waals surface area contributed by atoms with Gasteiger partial charge < -0.3 is 9.47 Å². The van der Waals surface area contributed by atoms with Crippen molar-refractivity contribution in [2.45, 2.75) is 20.0 Å². The van der Waals surface area contributed by atoms with E-state index in [2.05, 4.69) is 5.10 Å². The Morgan fingerprint density at radius 2 is 1.59 bits per heavy atom. The van der Waals surface area contributed by atoms with Crippen LogP contribution in [0.1, 0.15) is 33.3 Å². The molecule has 0 radical (unpaired) electrons. The standard InChI is InChI=1S/C21H20N2O4/c1-14-12-13-22-23(14)18-8-4-17(5-9-18)21(25)27-15(2)20(24)16-6-10-19(26-3)11-7-16/h4-13,15H,1-3H3. The molecule has 0 bridgehead atoms. The number of nitrogens with zero attached hydrogens (tertiary/aromatic N) is 2. The van der Waals surface area contributed by atoms with E-state index in [1.807, 2.05) is 13.0 Å². The third-order valence-corrected chi connectivity index (χ3v) is 4.21. The van der Waals surface area contributed by atoms with Gasteiger partial charge in [0.2, 0.25) is 5.78 Å². The molecule has 27 heavy (non-hydrogen) atoms. The van der Waals surface area contributed by atoms with Gasteiger partial charge >= 0.3 is 5.97 Å². The second-order valence-corrected chi connectivity index (χ2v) is 6.07. The number of methoxy groups -OCH3 is 1. The van der Waals surface area contributed by atoms with Gasteiger partial charge in [0.15, 0.2) is 6.10 Å². The summed E-state index contributed by atoms with van der Waals surface area (Å²) in [6, 6.07) is 15.5. The predicted molar refractivity (Wildman–Crippen MR) is 101 cm³/mol. The zero-order chi connectivity index (χ0) is 19.4. The number of hydrogen-bond acceptors (Lipinski definition) is 5. The molecule has 0 fully saturated rings. The first-order valence-electron chi connectivity index (χ1n) is 8.50. The van der Waals surface area contributed by atoms with Crippen LogP contribution in [-0.2, 0) is 4.74 Å². The minimum absolute atomic E-state index is 0.269. The lowest BCUT2D eigenvalue weighted by Gasteiger charge is -2.13. The van der Waals surface area contributed by atoms with Gasteiger partial charge in [0.25, 0.3) is 0 Å². The Balaban J connectivity index is 1.67. The molecule has 6 nitrogen and oxygen atoms in total. The van der Waals surface area contributed by atoms with Crippen LogP contribution in [0.4, 0.5) is 0 Å². The van der Waals surface area contributed by atoms with Gasteiger partial charge in [0.05, 0.1) is 18.4 Å². The molecule has 1 aromatic heterocycles. The quantitative estimate of drug-likeness (QED) is 0.493. The van der Waals surface area contributed by atoms with Crippen LogP contribution in [0, 0.1) is 6.92 Å². The molecular weight excluding hydrogens is 344 g/mol. The van der Waals surface area contributed by atoms with Gasteiger partial charge in [0, 0.05) is 17.5 Å². The molecule has 0 aliphatic rings. The Kier molecular flexibility index (Phi) is 5.35. The zero-order valence-corrected chi connectivity index (χ0v) is 15.4. The zero-order valence-electron chi connectivity index (χ0n) is 15.4. The lowest BCUT2D eigenvalue weighted by Crippen LogP contribution is -2.24. The van der Waals surface area contributed by atoms with E-state index in [-0.39, 0.29) is 5.78 Å². The Morgan fingerprint density at radius 3 is 2.15 bits per heavy atom. The van der Waals surface area contributed by atoms with Crippen molar-refractivity contribution < 1.29 is 19.1 Å². The second-order valence-electron chi connectivity index (χ2n) is 6.07. The maximum Gasteiger partial charge on any atom is 0.338 e. The second kappa shape index (κ2) is 7.86. The molecular formula is C21H20N2O4. The number of carbonyl (C=O) groups is 2. The summed E-state index contributed by atoms with van der Waals surface area (Å²) in [4.78, 5) is 24.8. The molecule has 0 amide bonds. The number of rotatable bonds is 6. The number of aromatic nitrogens is 2. The molecule has 1 heterocycles. The predicted octanol–water partition coefficient (Wildman–Crippen LogP) is 3.62. The van der Waals surface area contributed by atoms with E-state index in [1.54, 1.807) is 73.4 Å². The number of Topliss-reactive ketones (excluding diaryl/α,β-unsaturated/α-hetero) is 1. The average molecular weight is 364 g/mol. The van der Waals surface area contributed by atoms with Crippen LogP contribution in [0.25, 0.3) is 5.69 Å². The number of hydrogen-bond donors (Lipinski definition) is 0. The first-order chi connectivity index (χ1) is 13.0. The molecule has 0 spiro atoms. The van der Waals surface area contributed by atoms with Gasteiger partial charge in [-0.15, -0.1) is 0 Å². The number of benzene rings is 2. The maximum absolute atomic E-state index is 12.4. The van der Waals surface area contributed by atoms with Crippen molar-refractivity contribution in [3.63, 3.8) is 0 Å². The first kappa shape index (κ1) is 18.4.